The molecule has 0 saturated carbocycles. The third-order valence-electron chi connectivity index (χ3n) is 20.0. The van der Waals surface area contributed by atoms with Gasteiger partial charge in [-0.25, -0.2) is 0 Å². The van der Waals surface area contributed by atoms with E-state index in [-0.39, 0.29) is 21.7 Å². The van der Waals surface area contributed by atoms with Crippen LogP contribution in [-0.2, 0) is 21.7 Å². The Morgan fingerprint density at radius 1 is 0.173 bits per heavy atom. The lowest BCUT2D eigenvalue weighted by atomic mass is 9.86. The van der Waals surface area contributed by atoms with Crippen molar-refractivity contribution in [2.45, 2.75) is 312 Å². The zero-order valence-electron chi connectivity index (χ0n) is 77.0. The molecule has 0 aliphatic carbocycles. The molecule has 14 rings (SSSR count). The smallest absolute Gasteiger partial charge is 0.0433 e. The Morgan fingerprint density at radius 2 is 0.345 bits per heavy atom. The van der Waals surface area contributed by atoms with E-state index in [9.17, 15) is 0 Å². The van der Waals surface area contributed by atoms with E-state index in [1.165, 1.54) is 202 Å². The van der Waals surface area contributed by atoms with Crippen LogP contribution in [0.2, 0.25) is 0 Å². The summed E-state index contributed by atoms with van der Waals surface area (Å²) in [6.45, 7) is 95.4. The van der Waals surface area contributed by atoms with Crippen molar-refractivity contribution in [3.05, 3.63) is 207 Å². The number of benzene rings is 10. The summed E-state index contributed by atoms with van der Waals surface area (Å²) < 4.78 is 6.01. The van der Waals surface area contributed by atoms with E-state index >= 15 is 0 Å². The molecule has 4 heteroatoms. The van der Waals surface area contributed by atoms with Crippen LogP contribution < -0.4 is 0 Å². The fourth-order valence-corrected chi connectivity index (χ4v) is 21.3. The van der Waals surface area contributed by atoms with Gasteiger partial charge in [0.05, 0.1) is 0 Å². The van der Waals surface area contributed by atoms with E-state index in [1.807, 2.05) is 45.3 Å². The van der Waals surface area contributed by atoms with Crippen molar-refractivity contribution < 1.29 is 0 Å². The molecule has 0 N–H and O–H groups in total. The summed E-state index contributed by atoms with van der Waals surface area (Å²) in [6, 6.07) is 39.3. The van der Waals surface area contributed by atoms with Crippen LogP contribution in [0.25, 0.3) is 105 Å². The van der Waals surface area contributed by atoms with Crippen LogP contribution in [0.3, 0.4) is 0 Å². The first-order valence-corrected chi connectivity index (χ1v) is 43.9. The molecular weight excluding hydrogens is 1400 g/mol. The molecule has 0 bridgehead atoms. The summed E-state index contributed by atoms with van der Waals surface area (Å²) in [5, 5.41) is 22.6. The average Bonchev–Trinajstić information content (AvgIpc) is 1.54. The lowest BCUT2D eigenvalue weighted by Crippen LogP contribution is -2.10. The van der Waals surface area contributed by atoms with Gasteiger partial charge in [-0.05, 0) is 295 Å². The van der Waals surface area contributed by atoms with Crippen molar-refractivity contribution in [1.82, 2.24) is 0 Å². The third kappa shape index (κ3) is 20.9. The minimum Gasteiger partial charge on any atom is -0.139 e. The molecule has 592 valence electrons. The van der Waals surface area contributed by atoms with E-state index < -0.39 is 0 Å². The Kier molecular flexibility index (Phi) is 27.7. The van der Waals surface area contributed by atoms with Gasteiger partial charge in [-0.15, -0.1) is 45.3 Å². The second kappa shape index (κ2) is 33.6. The predicted octanol–water partition coefficient (Wildman–Crippen LogP) is 36.2. The number of fused-ring (bicyclic) bond motifs is 12. The van der Waals surface area contributed by atoms with Gasteiger partial charge in [0, 0.05) is 59.9 Å². The van der Waals surface area contributed by atoms with Crippen LogP contribution in [0.5, 0.6) is 0 Å². The summed E-state index contributed by atoms with van der Waals surface area (Å²) >= 11 is 8.10. The molecule has 4 aromatic heterocycles. The van der Waals surface area contributed by atoms with E-state index in [0.29, 0.717) is 21.7 Å². The number of aryl methyl sites for hydroxylation is 14. The Bertz CT molecular complexity index is 5220. The molecule has 14 aromatic rings. The second-order valence-electron chi connectivity index (χ2n) is 42.4. The quantitative estimate of drug-likeness (QED) is 0.133. The van der Waals surface area contributed by atoms with Crippen LogP contribution in [0, 0.1) is 119 Å². The van der Waals surface area contributed by atoms with Gasteiger partial charge in [0.15, 0.2) is 0 Å². The third-order valence-corrected chi connectivity index (χ3v) is 27.1. The summed E-state index contributed by atoms with van der Waals surface area (Å²) in [6.07, 6.45) is 0. The molecule has 0 unspecified atom stereocenters. The predicted molar refractivity (Wildman–Crippen MR) is 514 cm³/mol. The van der Waals surface area contributed by atoms with E-state index in [2.05, 4.69) is 400 Å². The van der Waals surface area contributed by atoms with Gasteiger partial charge in [0.1, 0.15) is 0 Å². The molecule has 0 atom stereocenters. The highest BCUT2D eigenvalue weighted by Crippen LogP contribution is 2.53. The zero-order valence-corrected chi connectivity index (χ0v) is 80.3. The van der Waals surface area contributed by atoms with Crippen molar-refractivity contribution in [2.24, 2.45) is 21.7 Å². The molecule has 0 saturated heterocycles. The van der Waals surface area contributed by atoms with Gasteiger partial charge in [0.2, 0.25) is 0 Å². The molecular formula is C106H144S4. The zero-order chi connectivity index (χ0) is 83.5. The molecule has 0 aliphatic rings. The normalized spacial score (nSPS) is 12.5. The number of thiophene rings is 4. The van der Waals surface area contributed by atoms with Crippen molar-refractivity contribution in [3.8, 4) is 0 Å². The van der Waals surface area contributed by atoms with E-state index in [0.717, 1.165) is 0 Å². The summed E-state index contributed by atoms with van der Waals surface area (Å²) in [7, 11) is 0. The Morgan fingerprint density at radius 3 is 0.564 bits per heavy atom. The van der Waals surface area contributed by atoms with Crippen molar-refractivity contribution in [3.63, 3.8) is 0 Å². The van der Waals surface area contributed by atoms with Crippen LogP contribution in [0.1, 0.15) is 291 Å². The first-order chi connectivity index (χ1) is 50.1. The molecule has 0 fully saturated rings. The first-order valence-electron chi connectivity index (χ1n) is 40.6. The Balaban J connectivity index is 0.000000191. The lowest BCUT2D eigenvalue weighted by Gasteiger charge is -2.17. The van der Waals surface area contributed by atoms with Crippen LogP contribution >= 0.6 is 45.3 Å². The van der Waals surface area contributed by atoms with Gasteiger partial charge in [-0.2, -0.15) is 0 Å². The summed E-state index contributed by atoms with van der Waals surface area (Å²) in [5.41, 5.74) is 23.1. The molecule has 0 spiro atoms. The van der Waals surface area contributed by atoms with Gasteiger partial charge in [-0.3, -0.25) is 0 Å². The molecule has 0 radical (unpaired) electrons. The van der Waals surface area contributed by atoms with Gasteiger partial charge >= 0.3 is 0 Å². The standard InChI is InChI=1S/C28H36S2.C22H30S2.C20H16.C16H14.4C5H12/c1-13-15(3)21-22(23-19(13)17(5)25(29-23)27(7,8)9)16(4)14(2)20-18(6)26(28(10,11)12)30-24(20)21;1-11-15-13(3)19(21(5,6)7)24-18(15)12(2)16-14(4)20(22(8,9)10)23-17(11)16;1-13-17-9-5-3-7-15(17)12-20-14(2)18-10-6-4-8-16(18)11-19(13)20;1-11-13-7-3-5-9-15(13)12(2)16-10-6-4-8-14(11)16;4*1-5(2,3)4/h1-12H3;1-10H3;3-12H,1-2H3;3-10H,1-2H3;4*1-4H3. The lowest BCUT2D eigenvalue weighted by molar-refractivity contribution is 0.469. The van der Waals surface area contributed by atoms with Crippen LogP contribution in [0.15, 0.2) is 109 Å². The maximum atomic E-state index is 2.35. The van der Waals surface area contributed by atoms with Crippen molar-refractivity contribution in [1.29, 1.82) is 0 Å². The number of rotatable bonds is 0. The molecule has 10 aromatic carbocycles. The van der Waals surface area contributed by atoms with Gasteiger partial charge in [-0.1, -0.05) is 291 Å². The van der Waals surface area contributed by atoms with Crippen LogP contribution in [0.4, 0.5) is 0 Å². The maximum Gasteiger partial charge on any atom is 0.0433 e. The van der Waals surface area contributed by atoms with Crippen LogP contribution in [-0.4, -0.2) is 0 Å². The second-order valence-corrected chi connectivity index (χ2v) is 46.5. The highest BCUT2D eigenvalue weighted by atomic mass is 32.1. The minimum atomic E-state index is 0.173. The Labute approximate surface area is 685 Å². The van der Waals surface area contributed by atoms with Crippen molar-refractivity contribution in [2.75, 3.05) is 0 Å². The topological polar surface area (TPSA) is 0 Å². The average molecular weight is 1550 g/mol. The van der Waals surface area contributed by atoms with Gasteiger partial charge < -0.3 is 0 Å². The Hall–Kier alpha value is -6.40. The fraction of sp³-hybridized carbons (Fsp3) is 0.472. The highest BCUT2D eigenvalue weighted by molar-refractivity contribution is 7.22. The maximum absolute atomic E-state index is 2.35. The molecule has 110 heavy (non-hydrogen) atoms. The fourth-order valence-electron chi connectivity index (χ4n) is 15.4. The minimum absolute atomic E-state index is 0.173. The molecule has 4 heterocycles. The largest absolute Gasteiger partial charge is 0.139 e. The number of hydrogen-bond acceptors (Lipinski definition) is 4. The first kappa shape index (κ1) is 90.8. The van der Waals surface area contributed by atoms with Gasteiger partial charge in [0.25, 0.3) is 0 Å². The SMILES string of the molecule is CC(C)(C)C.CC(C)(C)C.CC(C)(C)C.CC(C)(C)C.Cc1c(C(C)(C)C)sc2c(C)c3c(C)c(C(C)(C)C)sc3c(C)c12.Cc1c(C(C)(C)C)sc2c1c(C)c(C)c1c3sc(C(C)(C)C)c(C)c3c(C)c(C)c21.Cc1c2ccccc2c(C)c2ccccc12.Cc1c2ccccc2cc2c(C)c3ccccc3cc12. The molecule has 0 aliphatic heterocycles. The summed E-state index contributed by atoms with van der Waals surface area (Å²) in [5.74, 6) is 0. The monoisotopic (exact) mass is 1550 g/mol. The van der Waals surface area contributed by atoms with Crippen molar-refractivity contribution >= 4 is 150 Å². The molecule has 0 amide bonds. The number of hydrogen-bond donors (Lipinski definition) is 0. The van der Waals surface area contributed by atoms with E-state index in [1.54, 1.807) is 0 Å². The molecule has 0 nitrogen and oxygen atoms in total. The summed E-state index contributed by atoms with van der Waals surface area (Å²) in [4.78, 5) is 6.13. The highest BCUT2D eigenvalue weighted by Gasteiger charge is 2.31. The van der Waals surface area contributed by atoms with E-state index in [4.69, 9.17) is 0 Å².